The van der Waals surface area contributed by atoms with Gasteiger partial charge in [0.2, 0.25) is 5.78 Å². The predicted octanol–water partition coefficient (Wildman–Crippen LogP) is 1.13. The minimum atomic E-state index is -0.646. The summed E-state index contributed by atoms with van der Waals surface area (Å²) in [6.45, 7) is 2.50. The topological polar surface area (TPSA) is 90.2 Å². The van der Waals surface area contributed by atoms with Crippen molar-refractivity contribution in [1.29, 1.82) is 0 Å². The first-order chi connectivity index (χ1) is 7.90. The molecule has 0 spiro atoms. The zero-order valence-electron chi connectivity index (χ0n) is 9.18. The van der Waals surface area contributed by atoms with Gasteiger partial charge in [0.15, 0.2) is 5.78 Å². The van der Waals surface area contributed by atoms with Gasteiger partial charge in [-0.1, -0.05) is 0 Å². The molecule has 0 bridgehead atoms. The van der Waals surface area contributed by atoms with Crippen LogP contribution < -0.4 is 0 Å². The summed E-state index contributed by atoms with van der Waals surface area (Å²) in [6, 6.07) is 2.18. The van der Waals surface area contributed by atoms with Gasteiger partial charge in [-0.05, 0) is 11.8 Å². The van der Waals surface area contributed by atoms with Crippen LogP contribution in [0.15, 0.2) is 12.1 Å². The van der Waals surface area contributed by atoms with Crippen molar-refractivity contribution in [2.45, 2.75) is 13.8 Å². The second kappa shape index (κ2) is 4.99. The second-order valence-electron chi connectivity index (χ2n) is 3.22. The molecule has 6 heteroatoms. The Bertz CT molecular complexity index is 534. The van der Waals surface area contributed by atoms with Crippen LogP contribution in [0.4, 0.5) is 5.69 Å². The zero-order valence-corrected chi connectivity index (χ0v) is 9.18. The molecule has 0 saturated carbocycles. The van der Waals surface area contributed by atoms with Crippen LogP contribution in [0.3, 0.4) is 0 Å². The maximum atomic E-state index is 11.1. The van der Waals surface area contributed by atoms with Crippen LogP contribution in [0.2, 0.25) is 0 Å². The summed E-state index contributed by atoms with van der Waals surface area (Å²) in [5, 5.41) is 10.6. The average molecular weight is 232 g/mol. The Morgan fingerprint density at radius 2 is 2.00 bits per heavy atom. The van der Waals surface area contributed by atoms with E-state index in [0.717, 1.165) is 12.1 Å². The van der Waals surface area contributed by atoms with Crippen molar-refractivity contribution in [2.24, 2.45) is 0 Å². The number of Topliss-reactive ketones (excluding diaryl/α,β-unsaturated/α-hetero) is 2. The molecule has 0 aliphatic rings. The van der Waals surface area contributed by atoms with E-state index in [4.69, 9.17) is 0 Å². The van der Waals surface area contributed by atoms with E-state index in [1.165, 1.54) is 13.8 Å². The van der Waals surface area contributed by atoms with Crippen LogP contribution in [0.25, 0.3) is 0 Å². The molecule has 1 heterocycles. The quantitative estimate of drug-likeness (QED) is 0.330. The molecule has 1 rings (SSSR count). The van der Waals surface area contributed by atoms with Crippen LogP contribution in [0, 0.1) is 22.0 Å². The van der Waals surface area contributed by atoms with E-state index in [0.29, 0.717) is 0 Å². The van der Waals surface area contributed by atoms with Gasteiger partial charge >= 0.3 is 0 Å². The number of carbonyl (C=O) groups excluding carboxylic acids is 2. The van der Waals surface area contributed by atoms with Gasteiger partial charge in [0.05, 0.1) is 11.0 Å². The van der Waals surface area contributed by atoms with Gasteiger partial charge in [-0.3, -0.25) is 19.7 Å². The van der Waals surface area contributed by atoms with Crippen molar-refractivity contribution < 1.29 is 14.5 Å². The monoisotopic (exact) mass is 232 g/mol. The fraction of sp³-hybridized carbons (Fsp3) is 0.182. The molecule has 0 N–H and O–H groups in total. The molecule has 0 unspecified atom stereocenters. The summed E-state index contributed by atoms with van der Waals surface area (Å²) < 4.78 is 0. The molecule has 6 nitrogen and oxygen atoms in total. The van der Waals surface area contributed by atoms with E-state index in [-0.39, 0.29) is 22.9 Å². The lowest BCUT2D eigenvalue weighted by molar-refractivity contribution is -0.385. The molecule has 17 heavy (non-hydrogen) atoms. The number of hydrogen-bond acceptors (Lipinski definition) is 5. The summed E-state index contributed by atoms with van der Waals surface area (Å²) >= 11 is 0. The van der Waals surface area contributed by atoms with Crippen molar-refractivity contribution >= 4 is 17.3 Å². The Labute approximate surface area is 96.8 Å². The second-order valence-corrected chi connectivity index (χ2v) is 3.22. The smallest absolute Gasteiger partial charge is 0.274 e. The van der Waals surface area contributed by atoms with Crippen molar-refractivity contribution in [2.75, 3.05) is 0 Å². The summed E-state index contributed by atoms with van der Waals surface area (Å²) in [5.41, 5.74) is -0.301. The molecular formula is C11H8N2O4. The SMILES string of the molecule is CC(=O)C#Cc1cc([N+](=O)[O-])cc(C(C)=O)n1. The van der Waals surface area contributed by atoms with Crippen LogP contribution in [-0.4, -0.2) is 21.5 Å². The average Bonchev–Trinajstić information content (AvgIpc) is 2.25. The predicted molar refractivity (Wildman–Crippen MR) is 58.5 cm³/mol. The van der Waals surface area contributed by atoms with Gasteiger partial charge in [-0.2, -0.15) is 0 Å². The lowest BCUT2D eigenvalue weighted by atomic mass is 10.2. The number of aromatic nitrogens is 1. The van der Waals surface area contributed by atoms with Gasteiger partial charge in [0.1, 0.15) is 11.4 Å². The normalized spacial score (nSPS) is 9.06. The molecule has 86 valence electrons. The maximum absolute atomic E-state index is 11.1. The largest absolute Gasteiger partial charge is 0.293 e. The minimum Gasteiger partial charge on any atom is -0.293 e. The van der Waals surface area contributed by atoms with Crippen molar-refractivity contribution in [3.8, 4) is 11.8 Å². The van der Waals surface area contributed by atoms with Gasteiger partial charge in [-0.15, -0.1) is 0 Å². The maximum Gasteiger partial charge on any atom is 0.274 e. The highest BCUT2D eigenvalue weighted by molar-refractivity contribution is 5.94. The molecular weight excluding hydrogens is 224 g/mol. The van der Waals surface area contributed by atoms with Gasteiger partial charge in [0.25, 0.3) is 5.69 Å². The molecule has 0 saturated heterocycles. The number of ketones is 2. The van der Waals surface area contributed by atoms with Crippen LogP contribution >= 0.6 is 0 Å². The molecule has 0 aliphatic carbocycles. The molecule has 0 aliphatic heterocycles. The zero-order chi connectivity index (χ0) is 13.0. The third-order valence-electron chi connectivity index (χ3n) is 1.75. The van der Waals surface area contributed by atoms with Crippen LogP contribution in [0.1, 0.15) is 30.0 Å². The third-order valence-corrected chi connectivity index (χ3v) is 1.75. The standard InChI is InChI=1S/C11H8N2O4/c1-7(14)3-4-9-5-10(13(16)17)6-11(12-9)8(2)15/h5-6H,1-2H3. The van der Waals surface area contributed by atoms with E-state index in [2.05, 4.69) is 16.8 Å². The Morgan fingerprint density at radius 1 is 1.35 bits per heavy atom. The number of carbonyl (C=O) groups is 2. The highest BCUT2D eigenvalue weighted by atomic mass is 16.6. The number of nitro groups is 1. The fourth-order valence-corrected chi connectivity index (χ4v) is 1.02. The molecule has 0 fully saturated rings. The first-order valence-electron chi connectivity index (χ1n) is 4.60. The van der Waals surface area contributed by atoms with Gasteiger partial charge in [-0.25, -0.2) is 4.98 Å². The van der Waals surface area contributed by atoms with Gasteiger partial charge in [0, 0.05) is 19.9 Å². The first kappa shape index (κ1) is 12.5. The van der Waals surface area contributed by atoms with Gasteiger partial charge < -0.3 is 0 Å². The molecule has 0 aromatic carbocycles. The molecule has 1 aromatic rings. The summed E-state index contributed by atoms with van der Waals surface area (Å²) in [6.07, 6.45) is 0. The number of pyridine rings is 1. The summed E-state index contributed by atoms with van der Waals surface area (Å²) in [5.74, 6) is 3.79. The van der Waals surface area contributed by atoms with E-state index in [1.54, 1.807) is 0 Å². The van der Waals surface area contributed by atoms with E-state index < -0.39 is 10.7 Å². The lowest BCUT2D eigenvalue weighted by Gasteiger charge is -1.97. The molecule has 0 atom stereocenters. The molecule has 0 amide bonds. The number of rotatable bonds is 2. The van der Waals surface area contributed by atoms with E-state index >= 15 is 0 Å². The molecule has 1 aromatic heterocycles. The summed E-state index contributed by atoms with van der Waals surface area (Å²) in [7, 11) is 0. The number of nitrogens with zero attached hydrogens (tertiary/aromatic N) is 2. The fourth-order valence-electron chi connectivity index (χ4n) is 1.02. The Morgan fingerprint density at radius 3 is 2.47 bits per heavy atom. The lowest BCUT2D eigenvalue weighted by Crippen LogP contribution is -2.01. The Kier molecular flexibility index (Phi) is 3.67. The first-order valence-corrected chi connectivity index (χ1v) is 4.60. The highest BCUT2D eigenvalue weighted by Crippen LogP contribution is 2.14. The minimum absolute atomic E-state index is 0.0274. The van der Waals surface area contributed by atoms with Crippen LogP contribution in [-0.2, 0) is 4.79 Å². The van der Waals surface area contributed by atoms with E-state index in [1.807, 2.05) is 0 Å². The Balaban J connectivity index is 3.33. The Hall–Kier alpha value is -2.55. The summed E-state index contributed by atoms with van der Waals surface area (Å²) in [4.78, 5) is 35.5. The number of hydrogen-bond donors (Lipinski definition) is 0. The van der Waals surface area contributed by atoms with Crippen molar-refractivity contribution in [1.82, 2.24) is 4.98 Å². The van der Waals surface area contributed by atoms with Crippen molar-refractivity contribution in [3.05, 3.63) is 33.6 Å². The molecule has 0 radical (unpaired) electrons. The van der Waals surface area contributed by atoms with Crippen molar-refractivity contribution in [3.63, 3.8) is 0 Å². The van der Waals surface area contributed by atoms with E-state index in [9.17, 15) is 19.7 Å². The highest BCUT2D eigenvalue weighted by Gasteiger charge is 2.12. The third kappa shape index (κ3) is 3.50. The van der Waals surface area contributed by atoms with Crippen LogP contribution in [0.5, 0.6) is 0 Å².